The SMILES string of the molecule is CC[C@@H](C)[C@@H](OC(=O)[C@@H](C)CC)C(=O)N[C@H](C(=O)N(C)[C@H](Cc1ccc(O)cc1)C(=O)N(C)[C@@H](Cc1ccc(O)cc1)C(=O)OC)C(C)C. The molecule has 0 spiro atoms. The lowest BCUT2D eigenvalue weighted by atomic mass is 9.96. The molecule has 0 radical (unpaired) electrons. The van der Waals surface area contributed by atoms with Crippen molar-refractivity contribution in [1.82, 2.24) is 15.1 Å². The minimum Gasteiger partial charge on any atom is -0.508 e. The number of methoxy groups -OCH3 is 1. The average molecular weight is 684 g/mol. The second-order valence-electron chi connectivity index (χ2n) is 13.0. The first-order valence-electron chi connectivity index (χ1n) is 16.7. The van der Waals surface area contributed by atoms with Gasteiger partial charge in [-0.3, -0.25) is 19.2 Å². The Morgan fingerprint density at radius 1 is 0.714 bits per heavy atom. The molecule has 3 amide bonds. The third-order valence-corrected chi connectivity index (χ3v) is 9.03. The monoisotopic (exact) mass is 683 g/mol. The van der Waals surface area contributed by atoms with Gasteiger partial charge in [0.25, 0.3) is 5.91 Å². The summed E-state index contributed by atoms with van der Waals surface area (Å²) in [6.45, 7) is 10.8. The summed E-state index contributed by atoms with van der Waals surface area (Å²) in [4.78, 5) is 70.3. The Bertz CT molecular complexity index is 1410. The van der Waals surface area contributed by atoms with E-state index < -0.39 is 65.7 Å². The van der Waals surface area contributed by atoms with Gasteiger partial charge in [0.1, 0.15) is 29.6 Å². The standard InChI is InChI=1S/C37H53N3O9/c1-10-23(5)32(49-36(46)24(6)11-2)33(43)38-31(22(3)4)35(45)39(7)29(20-25-12-16-27(41)17-13-25)34(44)40(8)30(37(47)48-9)21-26-14-18-28(42)19-15-26/h12-19,22-24,29-32,41-42H,10-11,20-21H2,1-9H3,(H,38,43)/t23-,24+,29-,30+,31+,32-/m1/s1. The summed E-state index contributed by atoms with van der Waals surface area (Å²) in [5, 5.41) is 22.3. The van der Waals surface area contributed by atoms with Crippen LogP contribution in [0.2, 0.25) is 0 Å². The van der Waals surface area contributed by atoms with E-state index >= 15 is 0 Å². The first-order chi connectivity index (χ1) is 23.1. The predicted molar refractivity (Wildman–Crippen MR) is 184 cm³/mol. The molecule has 49 heavy (non-hydrogen) atoms. The molecule has 3 N–H and O–H groups in total. The molecule has 0 bridgehead atoms. The van der Waals surface area contributed by atoms with Crippen molar-refractivity contribution >= 4 is 29.7 Å². The molecule has 270 valence electrons. The van der Waals surface area contributed by atoms with Gasteiger partial charge in [-0.1, -0.05) is 65.8 Å². The fraction of sp³-hybridized carbons (Fsp3) is 0.541. The van der Waals surface area contributed by atoms with Crippen LogP contribution in [0.5, 0.6) is 11.5 Å². The fourth-order valence-corrected chi connectivity index (χ4v) is 5.18. The van der Waals surface area contributed by atoms with Gasteiger partial charge in [0.2, 0.25) is 11.8 Å². The maximum Gasteiger partial charge on any atom is 0.328 e. The number of nitrogens with zero attached hydrogens (tertiary/aromatic N) is 2. The third kappa shape index (κ3) is 11.2. The number of likely N-dealkylation sites (N-methyl/N-ethyl adjacent to an activating group) is 2. The number of ether oxygens (including phenoxy) is 2. The zero-order chi connectivity index (χ0) is 37.0. The highest BCUT2D eigenvalue weighted by Crippen LogP contribution is 2.21. The maximum absolute atomic E-state index is 14.3. The Morgan fingerprint density at radius 3 is 1.61 bits per heavy atom. The summed E-state index contributed by atoms with van der Waals surface area (Å²) in [6.07, 6.45) is 0.0808. The third-order valence-electron chi connectivity index (χ3n) is 9.03. The van der Waals surface area contributed by atoms with E-state index in [2.05, 4.69) is 5.32 Å². The van der Waals surface area contributed by atoms with Crippen molar-refractivity contribution in [2.75, 3.05) is 21.2 Å². The van der Waals surface area contributed by atoms with E-state index in [1.54, 1.807) is 52.0 Å². The zero-order valence-corrected chi connectivity index (χ0v) is 30.1. The number of phenolic OH excluding ortho intramolecular Hbond substituents is 2. The number of amides is 3. The van der Waals surface area contributed by atoms with Gasteiger partial charge in [-0.05, 0) is 54.2 Å². The molecular weight excluding hydrogens is 630 g/mol. The fourth-order valence-electron chi connectivity index (χ4n) is 5.18. The summed E-state index contributed by atoms with van der Waals surface area (Å²) in [5.41, 5.74) is 1.30. The molecule has 2 rings (SSSR count). The van der Waals surface area contributed by atoms with Crippen LogP contribution >= 0.6 is 0 Å². The van der Waals surface area contributed by atoms with Crippen molar-refractivity contribution in [3.8, 4) is 11.5 Å². The summed E-state index contributed by atoms with van der Waals surface area (Å²) < 4.78 is 10.7. The summed E-state index contributed by atoms with van der Waals surface area (Å²) in [7, 11) is 4.14. The molecule has 0 aromatic heterocycles. The van der Waals surface area contributed by atoms with Gasteiger partial charge in [0, 0.05) is 32.9 Å². The molecule has 0 unspecified atom stereocenters. The molecular formula is C37H53N3O9. The number of esters is 2. The smallest absolute Gasteiger partial charge is 0.328 e. The Balaban J connectivity index is 2.48. The largest absolute Gasteiger partial charge is 0.508 e. The predicted octanol–water partition coefficient (Wildman–Crippen LogP) is 3.85. The van der Waals surface area contributed by atoms with Gasteiger partial charge >= 0.3 is 11.9 Å². The molecule has 12 heteroatoms. The van der Waals surface area contributed by atoms with Gasteiger partial charge in [0.05, 0.1) is 13.0 Å². The molecule has 2 aromatic carbocycles. The van der Waals surface area contributed by atoms with E-state index in [-0.39, 0.29) is 30.3 Å². The molecule has 6 atom stereocenters. The van der Waals surface area contributed by atoms with E-state index in [4.69, 9.17) is 9.47 Å². The topological polar surface area (TPSA) is 163 Å². The molecule has 0 aliphatic rings. The molecule has 0 fully saturated rings. The number of carbonyl (C=O) groups excluding carboxylic acids is 5. The van der Waals surface area contributed by atoms with Gasteiger partial charge in [0.15, 0.2) is 6.10 Å². The molecule has 0 heterocycles. The van der Waals surface area contributed by atoms with Crippen LogP contribution in [0.3, 0.4) is 0 Å². The summed E-state index contributed by atoms with van der Waals surface area (Å²) >= 11 is 0. The lowest BCUT2D eigenvalue weighted by Gasteiger charge is -2.36. The number of hydrogen-bond acceptors (Lipinski definition) is 9. The van der Waals surface area contributed by atoms with Crippen molar-refractivity contribution in [3.05, 3.63) is 59.7 Å². The van der Waals surface area contributed by atoms with E-state index in [0.29, 0.717) is 24.0 Å². The highest BCUT2D eigenvalue weighted by molar-refractivity contribution is 5.94. The second-order valence-corrected chi connectivity index (χ2v) is 13.0. The molecule has 12 nitrogen and oxygen atoms in total. The number of nitrogens with one attached hydrogen (secondary N) is 1. The van der Waals surface area contributed by atoms with Crippen LogP contribution in [0.15, 0.2) is 48.5 Å². The minimum absolute atomic E-state index is 0.0274. The number of hydrogen-bond donors (Lipinski definition) is 3. The van der Waals surface area contributed by atoms with E-state index in [1.165, 1.54) is 55.3 Å². The van der Waals surface area contributed by atoms with Gasteiger partial charge in [-0.25, -0.2) is 4.79 Å². The lowest BCUT2D eigenvalue weighted by molar-refractivity contribution is -0.163. The first-order valence-corrected chi connectivity index (χ1v) is 16.7. The molecule has 0 saturated heterocycles. The van der Waals surface area contributed by atoms with E-state index in [9.17, 15) is 34.2 Å². The second kappa shape index (κ2) is 18.8. The Kier molecular flexibility index (Phi) is 15.6. The highest BCUT2D eigenvalue weighted by Gasteiger charge is 2.40. The van der Waals surface area contributed by atoms with E-state index in [0.717, 1.165) is 0 Å². The zero-order valence-electron chi connectivity index (χ0n) is 30.1. The Hall–Kier alpha value is -4.61. The number of aromatic hydroxyl groups is 2. The molecule has 0 saturated carbocycles. The van der Waals surface area contributed by atoms with Gasteiger partial charge in [-0.15, -0.1) is 0 Å². The number of rotatable bonds is 17. The van der Waals surface area contributed by atoms with Gasteiger partial charge < -0.3 is 34.8 Å². The Morgan fingerprint density at radius 2 is 1.18 bits per heavy atom. The summed E-state index contributed by atoms with van der Waals surface area (Å²) in [6, 6.07) is 9.14. The summed E-state index contributed by atoms with van der Waals surface area (Å²) in [5.74, 6) is -3.96. The van der Waals surface area contributed by atoms with Crippen molar-refractivity contribution in [2.24, 2.45) is 17.8 Å². The van der Waals surface area contributed by atoms with Crippen molar-refractivity contribution in [1.29, 1.82) is 0 Å². The quantitative estimate of drug-likeness (QED) is 0.210. The number of phenols is 2. The number of carbonyl (C=O) groups is 5. The van der Waals surface area contributed by atoms with Crippen LogP contribution in [-0.4, -0.2) is 95.1 Å². The normalized spacial score (nSPS) is 14.8. The number of benzene rings is 2. The van der Waals surface area contributed by atoms with Gasteiger partial charge in [-0.2, -0.15) is 0 Å². The van der Waals surface area contributed by atoms with Crippen molar-refractivity contribution in [3.63, 3.8) is 0 Å². The van der Waals surface area contributed by atoms with Crippen LogP contribution in [0, 0.1) is 17.8 Å². The average Bonchev–Trinajstić information content (AvgIpc) is 3.09. The van der Waals surface area contributed by atoms with Crippen LogP contribution in [0.4, 0.5) is 0 Å². The van der Waals surface area contributed by atoms with Crippen LogP contribution < -0.4 is 5.32 Å². The van der Waals surface area contributed by atoms with Crippen LogP contribution in [0.25, 0.3) is 0 Å². The molecule has 0 aliphatic heterocycles. The lowest BCUT2D eigenvalue weighted by Crippen LogP contribution is -2.59. The van der Waals surface area contributed by atoms with Crippen LogP contribution in [0.1, 0.15) is 65.5 Å². The first kappa shape index (κ1) is 40.6. The highest BCUT2D eigenvalue weighted by atomic mass is 16.5. The Labute approximate surface area is 289 Å². The van der Waals surface area contributed by atoms with Crippen molar-refractivity contribution < 1.29 is 43.7 Å². The molecule has 2 aromatic rings. The van der Waals surface area contributed by atoms with E-state index in [1.807, 2.05) is 13.8 Å². The van der Waals surface area contributed by atoms with Crippen LogP contribution in [-0.2, 0) is 46.3 Å². The van der Waals surface area contributed by atoms with Crippen molar-refractivity contribution in [2.45, 2.75) is 91.5 Å². The maximum atomic E-state index is 14.3. The minimum atomic E-state index is -1.14. The molecule has 0 aliphatic carbocycles.